The number of hydrogen-bond donors (Lipinski definition) is 0. The average Bonchev–Trinajstić information content (AvgIpc) is 3.22. The van der Waals surface area contributed by atoms with Crippen LogP contribution in [0.4, 0.5) is 11.5 Å². The lowest BCUT2D eigenvalue weighted by Gasteiger charge is -2.29. The van der Waals surface area contributed by atoms with Crippen LogP contribution >= 0.6 is 0 Å². The summed E-state index contributed by atoms with van der Waals surface area (Å²) in [7, 11) is 5.62. The topological polar surface area (TPSA) is 63.5 Å². The first-order valence-electron chi connectivity index (χ1n) is 11.1. The van der Waals surface area contributed by atoms with Gasteiger partial charge in [0.25, 0.3) is 5.91 Å². The quantitative estimate of drug-likeness (QED) is 0.589. The fourth-order valence-electron chi connectivity index (χ4n) is 4.21. The lowest BCUT2D eigenvalue weighted by molar-refractivity contribution is -0.140. The molecule has 0 bridgehead atoms. The van der Waals surface area contributed by atoms with E-state index >= 15 is 0 Å². The molecule has 0 fully saturated rings. The maximum atomic E-state index is 12.4. The predicted molar refractivity (Wildman–Crippen MR) is 128 cm³/mol. The van der Waals surface area contributed by atoms with E-state index in [-0.39, 0.29) is 5.91 Å². The van der Waals surface area contributed by atoms with E-state index in [1.165, 1.54) is 16.7 Å². The number of ether oxygens (including phenoxy) is 1. The highest BCUT2D eigenvalue weighted by atomic mass is 16.5. The molecule has 7 nitrogen and oxygen atoms in total. The van der Waals surface area contributed by atoms with E-state index in [1.54, 1.807) is 14.0 Å². The largest absolute Gasteiger partial charge is 0.372 e. The Morgan fingerprint density at radius 2 is 2.09 bits per heavy atom. The number of aryl methyl sites for hydroxylation is 2. The Balaban J connectivity index is 1.57. The van der Waals surface area contributed by atoms with Crippen LogP contribution in [0.2, 0.25) is 0 Å². The summed E-state index contributed by atoms with van der Waals surface area (Å²) in [6, 6.07) is 8.70. The zero-order valence-electron chi connectivity index (χ0n) is 19.5. The van der Waals surface area contributed by atoms with Gasteiger partial charge in [0.05, 0.1) is 18.0 Å². The Morgan fingerprint density at radius 3 is 2.78 bits per heavy atom. The normalized spacial score (nSPS) is 15.0. The average molecular weight is 434 g/mol. The number of pyridine rings is 1. The molecule has 1 aliphatic rings. The van der Waals surface area contributed by atoms with Crippen LogP contribution in [-0.4, -0.2) is 58.7 Å². The van der Waals surface area contributed by atoms with Crippen molar-refractivity contribution in [1.29, 1.82) is 0 Å². The van der Waals surface area contributed by atoms with Crippen LogP contribution in [0.15, 0.2) is 42.9 Å². The lowest BCUT2D eigenvalue weighted by atomic mass is 9.95. The molecule has 0 saturated heterocycles. The Hall–Kier alpha value is -3.19. The molecule has 1 atom stereocenters. The van der Waals surface area contributed by atoms with Gasteiger partial charge in [-0.15, -0.1) is 0 Å². The number of aromatic nitrogens is 3. The second-order valence-corrected chi connectivity index (χ2v) is 8.28. The van der Waals surface area contributed by atoms with Crippen LogP contribution < -0.4 is 4.90 Å². The van der Waals surface area contributed by atoms with Crippen molar-refractivity contribution < 1.29 is 9.53 Å². The fourth-order valence-corrected chi connectivity index (χ4v) is 4.21. The SMILES string of the molecule is CCc1cc(C2=CCN(C(=O)C(C)OC)CC2)ccc1N(C)c1cc2c(cn1)ncn2C. The molecule has 0 spiro atoms. The molecule has 1 unspecified atom stereocenters. The second kappa shape index (κ2) is 9.12. The van der Waals surface area contributed by atoms with E-state index in [2.05, 4.69) is 59.2 Å². The Bertz CT molecular complexity index is 1170. The van der Waals surface area contributed by atoms with Gasteiger partial charge in [0.15, 0.2) is 0 Å². The van der Waals surface area contributed by atoms with Crippen LogP contribution in [0.25, 0.3) is 16.6 Å². The number of carbonyl (C=O) groups excluding carboxylic acids is 1. The van der Waals surface area contributed by atoms with Crippen molar-refractivity contribution in [2.24, 2.45) is 7.05 Å². The van der Waals surface area contributed by atoms with E-state index in [0.717, 1.165) is 41.9 Å². The van der Waals surface area contributed by atoms with Gasteiger partial charge < -0.3 is 19.1 Å². The van der Waals surface area contributed by atoms with Gasteiger partial charge in [-0.25, -0.2) is 9.97 Å². The molecule has 0 N–H and O–H groups in total. The number of nitrogens with zero attached hydrogens (tertiary/aromatic N) is 5. The number of imidazole rings is 1. The molecule has 0 radical (unpaired) electrons. The molecule has 32 heavy (non-hydrogen) atoms. The Labute approximate surface area is 189 Å². The van der Waals surface area contributed by atoms with E-state index in [9.17, 15) is 4.79 Å². The zero-order valence-corrected chi connectivity index (χ0v) is 19.5. The van der Waals surface area contributed by atoms with Gasteiger partial charge in [-0.05, 0) is 48.6 Å². The standard InChI is InChI=1S/C25H31N5O2/c1-6-18-13-20(19-9-11-30(12-10-19)25(31)17(2)32-5)7-8-22(18)29(4)24-14-23-21(15-26-24)27-16-28(23)3/h7-9,13-17H,6,10-12H2,1-5H3. The maximum absolute atomic E-state index is 12.4. The first-order chi connectivity index (χ1) is 15.4. The van der Waals surface area contributed by atoms with Crippen molar-refractivity contribution in [2.75, 3.05) is 32.1 Å². The summed E-state index contributed by atoms with van der Waals surface area (Å²) in [4.78, 5) is 25.3. The van der Waals surface area contributed by atoms with Crippen LogP contribution in [0.3, 0.4) is 0 Å². The van der Waals surface area contributed by atoms with Crippen LogP contribution in [0.5, 0.6) is 0 Å². The monoisotopic (exact) mass is 433 g/mol. The smallest absolute Gasteiger partial charge is 0.251 e. The summed E-state index contributed by atoms with van der Waals surface area (Å²) >= 11 is 0. The third-order valence-corrected chi connectivity index (χ3v) is 6.36. The van der Waals surface area contributed by atoms with Crippen molar-refractivity contribution in [3.63, 3.8) is 0 Å². The number of benzene rings is 1. The van der Waals surface area contributed by atoms with Gasteiger partial charge in [-0.1, -0.05) is 19.1 Å². The highest BCUT2D eigenvalue weighted by Gasteiger charge is 2.23. The predicted octanol–water partition coefficient (Wildman–Crippen LogP) is 3.95. The molecule has 0 aliphatic carbocycles. The van der Waals surface area contributed by atoms with Crippen LogP contribution in [0.1, 0.15) is 31.4 Å². The molecule has 0 saturated carbocycles. The van der Waals surface area contributed by atoms with Gasteiger partial charge in [-0.2, -0.15) is 0 Å². The van der Waals surface area contributed by atoms with Crippen molar-refractivity contribution in [3.05, 3.63) is 54.0 Å². The number of anilines is 2. The van der Waals surface area contributed by atoms with E-state index in [1.807, 2.05) is 29.0 Å². The molecular formula is C25H31N5O2. The Kier molecular flexibility index (Phi) is 6.28. The number of hydrogen-bond acceptors (Lipinski definition) is 5. The highest BCUT2D eigenvalue weighted by Crippen LogP contribution is 2.32. The molecule has 3 aromatic rings. The second-order valence-electron chi connectivity index (χ2n) is 8.28. The van der Waals surface area contributed by atoms with Gasteiger partial charge >= 0.3 is 0 Å². The van der Waals surface area contributed by atoms with Crippen LogP contribution in [-0.2, 0) is 23.0 Å². The van der Waals surface area contributed by atoms with E-state index < -0.39 is 6.10 Å². The molecule has 1 aliphatic heterocycles. The summed E-state index contributed by atoms with van der Waals surface area (Å²) in [6.45, 7) is 5.32. The summed E-state index contributed by atoms with van der Waals surface area (Å²) in [5.74, 6) is 0.939. The van der Waals surface area contributed by atoms with E-state index in [4.69, 9.17) is 4.74 Å². The fraction of sp³-hybridized carbons (Fsp3) is 0.400. The number of fused-ring (bicyclic) bond motifs is 1. The molecule has 2 aromatic heterocycles. The van der Waals surface area contributed by atoms with Crippen molar-refractivity contribution in [2.45, 2.75) is 32.8 Å². The molecule has 1 aromatic carbocycles. The summed E-state index contributed by atoms with van der Waals surface area (Å²) in [6.07, 6.45) is 7.17. The van der Waals surface area contributed by atoms with Crippen molar-refractivity contribution >= 4 is 34.0 Å². The minimum absolute atomic E-state index is 0.0481. The third kappa shape index (κ3) is 4.12. The molecular weight excluding hydrogens is 402 g/mol. The number of rotatable bonds is 6. The third-order valence-electron chi connectivity index (χ3n) is 6.36. The van der Waals surface area contributed by atoms with Gasteiger partial charge in [-0.3, -0.25) is 4.79 Å². The van der Waals surface area contributed by atoms with Crippen molar-refractivity contribution in [1.82, 2.24) is 19.4 Å². The molecule has 4 rings (SSSR count). The molecule has 7 heteroatoms. The minimum atomic E-state index is -0.398. The molecule has 1 amide bonds. The van der Waals surface area contributed by atoms with Crippen LogP contribution in [0, 0.1) is 0 Å². The summed E-state index contributed by atoms with van der Waals surface area (Å²) in [5, 5.41) is 0. The lowest BCUT2D eigenvalue weighted by Crippen LogP contribution is -2.41. The van der Waals surface area contributed by atoms with Gasteiger partial charge in [0, 0.05) is 46.0 Å². The highest BCUT2D eigenvalue weighted by molar-refractivity contribution is 5.82. The van der Waals surface area contributed by atoms with Gasteiger partial charge in [0.1, 0.15) is 17.4 Å². The zero-order chi connectivity index (χ0) is 22.8. The van der Waals surface area contributed by atoms with Crippen molar-refractivity contribution in [3.8, 4) is 0 Å². The number of carbonyl (C=O) groups is 1. The Morgan fingerprint density at radius 1 is 1.28 bits per heavy atom. The maximum Gasteiger partial charge on any atom is 0.251 e. The van der Waals surface area contributed by atoms with E-state index in [0.29, 0.717) is 6.54 Å². The number of methoxy groups -OCH3 is 1. The first-order valence-corrected chi connectivity index (χ1v) is 11.1. The summed E-state index contributed by atoms with van der Waals surface area (Å²) in [5.41, 5.74) is 6.88. The van der Waals surface area contributed by atoms with Gasteiger partial charge in [0.2, 0.25) is 0 Å². The minimum Gasteiger partial charge on any atom is -0.372 e. The number of amides is 1. The molecule has 3 heterocycles. The first kappa shape index (κ1) is 22.0. The molecule has 168 valence electrons. The summed E-state index contributed by atoms with van der Waals surface area (Å²) < 4.78 is 7.19.